The molecule has 1 N–H and O–H groups in total. The average Bonchev–Trinajstić information content (AvgIpc) is 2.64. The van der Waals surface area contributed by atoms with Gasteiger partial charge in [0.1, 0.15) is 5.78 Å². The highest BCUT2D eigenvalue weighted by atomic mass is 16.3. The lowest BCUT2D eigenvalue weighted by atomic mass is 9.84. The Morgan fingerprint density at radius 1 is 0.880 bits per heavy atom. The standard InChI is InChI=1S/C23H28O2/c1-19(2)23(25,17-15-21-11-7-4-8-12-21)18-16-22(24)14-13-20-9-5-3-6-10-20/h3-12,25H,1,13-18H2,2H3. The summed E-state index contributed by atoms with van der Waals surface area (Å²) in [6.07, 6.45) is 3.50. The Balaban J connectivity index is 1.83. The van der Waals surface area contributed by atoms with Gasteiger partial charge in [0.05, 0.1) is 5.60 Å². The molecule has 0 radical (unpaired) electrons. The monoisotopic (exact) mass is 336 g/mol. The predicted octanol–water partition coefficient (Wildman–Crippen LogP) is 4.91. The number of ketones is 1. The van der Waals surface area contributed by atoms with Crippen molar-refractivity contribution < 1.29 is 9.90 Å². The molecule has 2 nitrogen and oxygen atoms in total. The molecule has 0 bridgehead atoms. The van der Waals surface area contributed by atoms with Crippen molar-refractivity contribution in [2.45, 2.75) is 51.0 Å². The summed E-state index contributed by atoms with van der Waals surface area (Å²) in [7, 11) is 0. The second-order valence-corrected chi connectivity index (χ2v) is 6.82. The van der Waals surface area contributed by atoms with Crippen LogP contribution in [-0.4, -0.2) is 16.5 Å². The Hall–Kier alpha value is -2.19. The summed E-state index contributed by atoms with van der Waals surface area (Å²) in [6.45, 7) is 5.80. The Kier molecular flexibility index (Phi) is 7.15. The largest absolute Gasteiger partial charge is 0.386 e. The number of Topliss-reactive ketones (excluding diaryl/α,β-unsaturated/α-hetero) is 1. The van der Waals surface area contributed by atoms with E-state index in [1.165, 1.54) is 11.1 Å². The Morgan fingerprint density at radius 2 is 1.40 bits per heavy atom. The van der Waals surface area contributed by atoms with Crippen LogP contribution in [0.4, 0.5) is 0 Å². The highest BCUT2D eigenvalue weighted by Crippen LogP contribution is 2.27. The first-order valence-corrected chi connectivity index (χ1v) is 8.97. The first-order chi connectivity index (χ1) is 12.0. The van der Waals surface area contributed by atoms with Gasteiger partial charge in [-0.15, -0.1) is 0 Å². The van der Waals surface area contributed by atoms with E-state index < -0.39 is 5.60 Å². The molecule has 0 aromatic heterocycles. The van der Waals surface area contributed by atoms with E-state index in [0.29, 0.717) is 25.7 Å². The van der Waals surface area contributed by atoms with Gasteiger partial charge in [0.2, 0.25) is 0 Å². The topological polar surface area (TPSA) is 37.3 Å². The van der Waals surface area contributed by atoms with Gasteiger partial charge < -0.3 is 5.11 Å². The highest BCUT2D eigenvalue weighted by Gasteiger charge is 2.28. The number of carbonyl (C=O) groups excluding carboxylic acids is 1. The average molecular weight is 336 g/mol. The SMILES string of the molecule is C=C(C)C(O)(CCC(=O)CCc1ccccc1)CCc1ccccc1. The maximum absolute atomic E-state index is 12.2. The van der Waals surface area contributed by atoms with Crippen LogP contribution in [0.3, 0.4) is 0 Å². The fourth-order valence-corrected chi connectivity index (χ4v) is 2.95. The van der Waals surface area contributed by atoms with Gasteiger partial charge in [-0.05, 0) is 49.3 Å². The lowest BCUT2D eigenvalue weighted by molar-refractivity contribution is -0.120. The molecular weight excluding hydrogens is 308 g/mol. The molecule has 0 saturated carbocycles. The molecule has 0 fully saturated rings. The van der Waals surface area contributed by atoms with Crippen molar-refractivity contribution in [1.82, 2.24) is 0 Å². The highest BCUT2D eigenvalue weighted by molar-refractivity contribution is 5.78. The summed E-state index contributed by atoms with van der Waals surface area (Å²) in [4.78, 5) is 12.2. The minimum atomic E-state index is -0.974. The van der Waals surface area contributed by atoms with Gasteiger partial charge >= 0.3 is 0 Å². The predicted molar refractivity (Wildman–Crippen MR) is 104 cm³/mol. The summed E-state index contributed by atoms with van der Waals surface area (Å²) in [6, 6.07) is 20.1. The third-order valence-corrected chi connectivity index (χ3v) is 4.82. The van der Waals surface area contributed by atoms with E-state index in [4.69, 9.17) is 0 Å². The number of carbonyl (C=O) groups is 1. The van der Waals surface area contributed by atoms with Crippen molar-refractivity contribution in [2.75, 3.05) is 0 Å². The number of benzene rings is 2. The lowest BCUT2D eigenvalue weighted by Gasteiger charge is -2.29. The van der Waals surface area contributed by atoms with Gasteiger partial charge in [0, 0.05) is 12.8 Å². The second kappa shape index (κ2) is 9.33. The zero-order valence-corrected chi connectivity index (χ0v) is 15.1. The third-order valence-electron chi connectivity index (χ3n) is 4.82. The number of rotatable bonds is 10. The van der Waals surface area contributed by atoms with Crippen LogP contribution in [-0.2, 0) is 17.6 Å². The fraction of sp³-hybridized carbons (Fsp3) is 0.348. The first kappa shape index (κ1) is 19.1. The molecule has 0 aliphatic rings. The minimum Gasteiger partial charge on any atom is -0.386 e. The third kappa shape index (κ3) is 6.32. The van der Waals surface area contributed by atoms with Crippen LogP contribution < -0.4 is 0 Å². The van der Waals surface area contributed by atoms with Crippen LogP contribution in [0.2, 0.25) is 0 Å². The normalized spacial score (nSPS) is 13.2. The van der Waals surface area contributed by atoms with Crippen LogP contribution in [0.5, 0.6) is 0 Å². The van der Waals surface area contributed by atoms with Crippen LogP contribution in [0.25, 0.3) is 0 Å². The molecule has 0 amide bonds. The molecule has 0 aliphatic heterocycles. The molecule has 2 aromatic carbocycles. The molecule has 1 unspecified atom stereocenters. The molecular formula is C23H28O2. The molecule has 2 aromatic rings. The van der Waals surface area contributed by atoms with E-state index >= 15 is 0 Å². The zero-order valence-electron chi connectivity index (χ0n) is 15.1. The molecule has 2 rings (SSSR count). The van der Waals surface area contributed by atoms with Crippen molar-refractivity contribution in [3.8, 4) is 0 Å². The van der Waals surface area contributed by atoms with Gasteiger partial charge in [-0.1, -0.05) is 67.2 Å². The zero-order chi connectivity index (χ0) is 18.1. The van der Waals surface area contributed by atoms with E-state index in [0.717, 1.165) is 18.4 Å². The van der Waals surface area contributed by atoms with E-state index in [-0.39, 0.29) is 5.78 Å². The van der Waals surface area contributed by atoms with E-state index in [1.807, 2.05) is 55.5 Å². The Bertz CT molecular complexity index is 676. The van der Waals surface area contributed by atoms with Gasteiger partial charge in [-0.25, -0.2) is 0 Å². The van der Waals surface area contributed by atoms with Gasteiger partial charge in [-0.2, -0.15) is 0 Å². The van der Waals surface area contributed by atoms with Crippen LogP contribution in [0.1, 0.15) is 43.7 Å². The van der Waals surface area contributed by atoms with Crippen LogP contribution in [0, 0.1) is 0 Å². The maximum Gasteiger partial charge on any atom is 0.133 e. The van der Waals surface area contributed by atoms with Crippen molar-refractivity contribution in [3.63, 3.8) is 0 Å². The molecule has 0 spiro atoms. The second-order valence-electron chi connectivity index (χ2n) is 6.82. The van der Waals surface area contributed by atoms with Crippen LogP contribution >= 0.6 is 0 Å². The van der Waals surface area contributed by atoms with E-state index in [2.05, 4.69) is 18.7 Å². The van der Waals surface area contributed by atoms with Crippen molar-refractivity contribution >= 4 is 5.78 Å². The van der Waals surface area contributed by atoms with Crippen LogP contribution in [0.15, 0.2) is 72.8 Å². The Morgan fingerprint density at radius 3 is 1.92 bits per heavy atom. The number of hydrogen-bond donors (Lipinski definition) is 1. The molecule has 0 aliphatic carbocycles. The summed E-state index contributed by atoms with van der Waals surface area (Å²) in [5.74, 6) is 0.197. The number of hydrogen-bond acceptors (Lipinski definition) is 2. The summed E-state index contributed by atoms with van der Waals surface area (Å²) in [5, 5.41) is 10.9. The van der Waals surface area contributed by atoms with Gasteiger partial charge in [0.25, 0.3) is 0 Å². The molecule has 1 atom stereocenters. The molecule has 2 heteroatoms. The fourth-order valence-electron chi connectivity index (χ4n) is 2.95. The van der Waals surface area contributed by atoms with Gasteiger partial charge in [-0.3, -0.25) is 4.79 Å². The smallest absolute Gasteiger partial charge is 0.133 e. The van der Waals surface area contributed by atoms with E-state index in [1.54, 1.807) is 0 Å². The molecule has 25 heavy (non-hydrogen) atoms. The summed E-state index contributed by atoms with van der Waals surface area (Å²) < 4.78 is 0. The first-order valence-electron chi connectivity index (χ1n) is 8.97. The Labute approximate surface area is 151 Å². The van der Waals surface area contributed by atoms with Gasteiger partial charge in [0.15, 0.2) is 0 Å². The van der Waals surface area contributed by atoms with Crippen molar-refractivity contribution in [1.29, 1.82) is 0 Å². The molecule has 0 heterocycles. The molecule has 132 valence electrons. The minimum absolute atomic E-state index is 0.197. The van der Waals surface area contributed by atoms with Crippen molar-refractivity contribution in [2.24, 2.45) is 0 Å². The quantitative estimate of drug-likeness (QED) is 0.626. The van der Waals surface area contributed by atoms with Crippen molar-refractivity contribution in [3.05, 3.63) is 83.9 Å². The van der Waals surface area contributed by atoms with E-state index in [9.17, 15) is 9.90 Å². The molecule has 0 saturated heterocycles. The maximum atomic E-state index is 12.2. The summed E-state index contributed by atoms with van der Waals surface area (Å²) >= 11 is 0. The number of aryl methyl sites for hydroxylation is 2. The lowest BCUT2D eigenvalue weighted by Crippen LogP contribution is -2.31. The number of aliphatic hydroxyl groups is 1. The summed E-state index contributed by atoms with van der Waals surface area (Å²) in [5.41, 5.74) is 2.13.